The zero-order chi connectivity index (χ0) is 29.9. The Kier molecular flexibility index (Phi) is 9.70. The number of benzene rings is 2. The normalized spacial score (nSPS) is 17.0. The SMILES string of the molecule is CSc1nc2c(F)c(Br)c(Cl)c(OC[C@@H]3C[C@@H](NC(=O)OCc4ccccc4)CN3C(=O)OC(C)(C)C)c2c(=O)[nH]1. The first-order chi connectivity index (χ1) is 19.4. The topological polar surface area (TPSA) is 123 Å². The van der Waals surface area contributed by atoms with Crippen LogP contribution < -0.4 is 15.6 Å². The number of halogens is 3. The molecule has 41 heavy (non-hydrogen) atoms. The summed E-state index contributed by atoms with van der Waals surface area (Å²) in [7, 11) is 0. The molecule has 1 aliphatic rings. The average Bonchev–Trinajstić information content (AvgIpc) is 3.33. The number of nitrogens with one attached hydrogen (secondary N) is 2. The van der Waals surface area contributed by atoms with E-state index in [4.69, 9.17) is 25.8 Å². The van der Waals surface area contributed by atoms with Crippen molar-refractivity contribution in [3.05, 3.63) is 61.6 Å². The summed E-state index contributed by atoms with van der Waals surface area (Å²) in [5.41, 5.74) is -0.767. The van der Waals surface area contributed by atoms with Crippen molar-refractivity contribution in [1.82, 2.24) is 20.2 Å². The molecule has 14 heteroatoms. The lowest BCUT2D eigenvalue weighted by molar-refractivity contribution is 0.0185. The number of amides is 2. The molecule has 1 fully saturated rings. The molecule has 0 spiro atoms. The number of thioether (sulfide) groups is 1. The van der Waals surface area contributed by atoms with Crippen molar-refractivity contribution in [2.75, 3.05) is 19.4 Å². The second kappa shape index (κ2) is 12.9. The van der Waals surface area contributed by atoms with E-state index in [-0.39, 0.29) is 51.1 Å². The number of carbonyl (C=O) groups is 2. The molecule has 2 aromatic carbocycles. The van der Waals surface area contributed by atoms with Crippen LogP contribution in [0.4, 0.5) is 14.0 Å². The van der Waals surface area contributed by atoms with Gasteiger partial charge in [0.1, 0.15) is 34.7 Å². The minimum Gasteiger partial charge on any atom is -0.489 e. The zero-order valence-electron chi connectivity index (χ0n) is 22.8. The van der Waals surface area contributed by atoms with E-state index in [2.05, 4.69) is 31.2 Å². The number of ether oxygens (including phenoxy) is 3. The highest BCUT2D eigenvalue weighted by Crippen LogP contribution is 2.40. The van der Waals surface area contributed by atoms with Gasteiger partial charge in [-0.2, -0.15) is 0 Å². The monoisotopic (exact) mass is 670 g/mol. The van der Waals surface area contributed by atoms with Gasteiger partial charge in [0.2, 0.25) is 0 Å². The second-order valence-corrected chi connectivity index (χ2v) is 12.3. The van der Waals surface area contributed by atoms with Crippen LogP contribution in [0.1, 0.15) is 32.8 Å². The number of H-pyrrole nitrogens is 1. The van der Waals surface area contributed by atoms with Gasteiger partial charge in [-0.3, -0.25) is 9.69 Å². The number of likely N-dealkylation sites (tertiary alicyclic amines) is 1. The maximum Gasteiger partial charge on any atom is 0.410 e. The number of fused-ring (bicyclic) bond motifs is 1. The molecule has 0 aliphatic carbocycles. The Bertz CT molecular complexity index is 1500. The van der Waals surface area contributed by atoms with Gasteiger partial charge in [0, 0.05) is 6.54 Å². The maximum atomic E-state index is 15.0. The zero-order valence-corrected chi connectivity index (χ0v) is 25.9. The Morgan fingerprint density at radius 1 is 1.29 bits per heavy atom. The van der Waals surface area contributed by atoms with Crippen molar-refractivity contribution >= 4 is 62.4 Å². The van der Waals surface area contributed by atoms with Crippen LogP contribution in [0, 0.1) is 5.82 Å². The number of hydrogen-bond donors (Lipinski definition) is 2. The highest BCUT2D eigenvalue weighted by atomic mass is 79.9. The molecule has 1 saturated heterocycles. The van der Waals surface area contributed by atoms with E-state index in [1.54, 1.807) is 27.0 Å². The summed E-state index contributed by atoms with van der Waals surface area (Å²) in [6.07, 6.45) is 0.747. The van der Waals surface area contributed by atoms with Crippen molar-refractivity contribution < 1.29 is 28.2 Å². The van der Waals surface area contributed by atoms with Gasteiger partial charge in [0.05, 0.1) is 16.6 Å². The first-order valence-corrected chi connectivity index (χ1v) is 15.0. The van der Waals surface area contributed by atoms with Crippen molar-refractivity contribution in [1.29, 1.82) is 0 Å². The van der Waals surface area contributed by atoms with E-state index in [0.29, 0.717) is 6.42 Å². The quantitative estimate of drug-likeness (QED) is 0.181. The third-order valence-corrected chi connectivity index (χ3v) is 8.02. The highest BCUT2D eigenvalue weighted by Gasteiger charge is 2.39. The lowest BCUT2D eigenvalue weighted by Gasteiger charge is -2.28. The Hall–Kier alpha value is -3.03. The molecule has 0 saturated carbocycles. The first kappa shape index (κ1) is 30.9. The van der Waals surface area contributed by atoms with Gasteiger partial charge in [-0.15, -0.1) is 0 Å². The van der Waals surface area contributed by atoms with Gasteiger partial charge in [0.25, 0.3) is 5.56 Å². The number of aromatic nitrogens is 2. The minimum absolute atomic E-state index is 0.0841. The van der Waals surface area contributed by atoms with Crippen LogP contribution in [0.2, 0.25) is 5.02 Å². The lowest BCUT2D eigenvalue weighted by atomic mass is 10.1. The van der Waals surface area contributed by atoms with Gasteiger partial charge >= 0.3 is 12.2 Å². The van der Waals surface area contributed by atoms with Crippen molar-refractivity contribution in [3.8, 4) is 5.75 Å². The molecule has 0 bridgehead atoms. The predicted octanol–water partition coefficient (Wildman–Crippen LogP) is 5.88. The molecule has 4 rings (SSSR count). The van der Waals surface area contributed by atoms with Crippen LogP contribution >= 0.6 is 39.3 Å². The molecule has 0 unspecified atom stereocenters. The third kappa shape index (κ3) is 7.44. The van der Waals surface area contributed by atoms with Gasteiger partial charge in [-0.05, 0) is 54.9 Å². The Balaban J connectivity index is 1.55. The smallest absolute Gasteiger partial charge is 0.410 e. The van der Waals surface area contributed by atoms with E-state index in [1.165, 1.54) is 4.90 Å². The van der Waals surface area contributed by atoms with E-state index < -0.39 is 41.2 Å². The molecule has 2 N–H and O–H groups in total. The molecule has 1 aromatic heterocycles. The Morgan fingerprint density at radius 3 is 2.66 bits per heavy atom. The number of aromatic amines is 1. The summed E-state index contributed by atoms with van der Waals surface area (Å²) >= 11 is 10.7. The summed E-state index contributed by atoms with van der Waals surface area (Å²) in [4.78, 5) is 46.7. The number of alkyl carbamates (subject to hydrolysis) is 1. The molecule has 10 nitrogen and oxygen atoms in total. The van der Waals surface area contributed by atoms with Gasteiger partial charge in [-0.25, -0.2) is 19.0 Å². The first-order valence-electron chi connectivity index (χ1n) is 12.6. The van der Waals surface area contributed by atoms with E-state index in [1.807, 2.05) is 30.3 Å². The van der Waals surface area contributed by atoms with Crippen LogP contribution in [0.25, 0.3) is 10.9 Å². The maximum absolute atomic E-state index is 15.0. The molecular weight excluding hydrogens is 643 g/mol. The number of rotatable bonds is 7. The summed E-state index contributed by atoms with van der Waals surface area (Å²) in [5, 5.41) is 2.70. The van der Waals surface area contributed by atoms with Gasteiger partial charge < -0.3 is 24.5 Å². The van der Waals surface area contributed by atoms with E-state index in [0.717, 1.165) is 17.3 Å². The molecule has 2 heterocycles. The molecule has 2 amide bonds. The average molecular weight is 672 g/mol. The van der Waals surface area contributed by atoms with E-state index in [9.17, 15) is 14.4 Å². The molecule has 2 atom stereocenters. The van der Waals surface area contributed by atoms with Crippen LogP contribution in [-0.4, -0.2) is 64.1 Å². The summed E-state index contributed by atoms with van der Waals surface area (Å²) in [5.74, 6) is -0.882. The number of carbonyl (C=O) groups excluding carboxylic acids is 2. The molecule has 0 radical (unpaired) electrons. The Morgan fingerprint density at radius 2 is 2.00 bits per heavy atom. The Labute approximate surface area is 253 Å². The van der Waals surface area contributed by atoms with Gasteiger partial charge in [0.15, 0.2) is 16.7 Å². The van der Waals surface area contributed by atoms with Crippen LogP contribution in [0.15, 0.2) is 44.8 Å². The van der Waals surface area contributed by atoms with Crippen LogP contribution in [0.5, 0.6) is 5.75 Å². The van der Waals surface area contributed by atoms with Crippen LogP contribution in [0.3, 0.4) is 0 Å². The fraction of sp³-hybridized carbons (Fsp3) is 0.407. The summed E-state index contributed by atoms with van der Waals surface area (Å²) < 4.78 is 31.8. The lowest BCUT2D eigenvalue weighted by Crippen LogP contribution is -2.43. The predicted molar refractivity (Wildman–Crippen MR) is 157 cm³/mol. The largest absolute Gasteiger partial charge is 0.489 e. The fourth-order valence-electron chi connectivity index (χ4n) is 4.30. The molecule has 1 aliphatic heterocycles. The third-order valence-electron chi connectivity index (χ3n) is 6.11. The van der Waals surface area contributed by atoms with E-state index >= 15 is 4.39 Å². The second-order valence-electron chi connectivity index (χ2n) is 10.3. The van der Waals surface area contributed by atoms with Gasteiger partial charge in [-0.1, -0.05) is 53.7 Å². The summed E-state index contributed by atoms with van der Waals surface area (Å²) in [6.45, 7) is 5.32. The molecule has 3 aromatic rings. The summed E-state index contributed by atoms with van der Waals surface area (Å²) in [6, 6.07) is 8.17. The minimum atomic E-state index is -0.798. The standard InChI is InChI=1S/C27H29BrClFN4O6S/c1-27(2,3)40-26(37)34-11-15(31-25(36)39-12-14-8-6-5-7-9-14)10-16(34)13-38-22-17-21(20(30)18(28)19(22)29)32-24(41-4)33-23(17)35/h5-9,15-16H,10-13H2,1-4H3,(H,31,36)(H,32,33,35)/t15-,16+/m1/s1. The highest BCUT2D eigenvalue weighted by molar-refractivity contribution is 9.10. The van der Waals surface area contributed by atoms with Crippen molar-refractivity contribution in [2.45, 2.75) is 56.6 Å². The van der Waals surface area contributed by atoms with Crippen molar-refractivity contribution in [2.24, 2.45) is 0 Å². The molecule has 220 valence electrons. The number of hydrogen-bond acceptors (Lipinski definition) is 8. The van der Waals surface area contributed by atoms with Crippen LogP contribution in [-0.2, 0) is 16.1 Å². The van der Waals surface area contributed by atoms with Crippen molar-refractivity contribution in [3.63, 3.8) is 0 Å². The fourth-order valence-corrected chi connectivity index (χ4v) is 5.28. The molecular formula is C27H29BrClFN4O6S. The number of nitrogens with zero attached hydrogens (tertiary/aromatic N) is 2.